The molecule has 2 aromatic heterocycles. The van der Waals surface area contributed by atoms with E-state index in [0.29, 0.717) is 5.69 Å². The summed E-state index contributed by atoms with van der Waals surface area (Å²) in [4.78, 5) is 49.5. The summed E-state index contributed by atoms with van der Waals surface area (Å²) >= 11 is 0. The molecular weight excluding hydrogens is 456 g/mol. The SMILES string of the molecule is O=C1C2C(c3ccccn3)NC(Cc3c[nH]c4ccccc34)(C(=O)O)C2C(=O)N1Cc1ccccc1. The van der Waals surface area contributed by atoms with E-state index in [1.807, 2.05) is 54.6 Å². The lowest BCUT2D eigenvalue weighted by Gasteiger charge is -2.31. The van der Waals surface area contributed by atoms with Crippen LogP contribution in [0.15, 0.2) is 85.2 Å². The summed E-state index contributed by atoms with van der Waals surface area (Å²) in [6, 6.07) is 21.5. The first-order chi connectivity index (χ1) is 17.5. The average Bonchev–Trinajstić information content (AvgIpc) is 3.54. The van der Waals surface area contributed by atoms with Crippen molar-refractivity contribution < 1.29 is 19.5 Å². The Balaban J connectivity index is 1.46. The van der Waals surface area contributed by atoms with E-state index in [-0.39, 0.29) is 18.9 Å². The number of rotatable bonds is 6. The third-order valence-corrected chi connectivity index (χ3v) is 7.46. The van der Waals surface area contributed by atoms with Crippen molar-refractivity contribution in [2.45, 2.75) is 24.5 Å². The highest BCUT2D eigenvalue weighted by molar-refractivity contribution is 6.09. The fourth-order valence-corrected chi connectivity index (χ4v) is 5.81. The molecular formula is C28H24N4O4. The third-order valence-electron chi connectivity index (χ3n) is 7.46. The van der Waals surface area contributed by atoms with Gasteiger partial charge in [0, 0.05) is 29.7 Å². The number of carbonyl (C=O) groups is 3. The molecule has 4 atom stereocenters. The van der Waals surface area contributed by atoms with Gasteiger partial charge in [0.2, 0.25) is 11.8 Å². The number of nitrogens with zero attached hydrogens (tertiary/aromatic N) is 2. The number of amides is 2. The number of nitrogens with one attached hydrogen (secondary N) is 2. The van der Waals surface area contributed by atoms with Crippen LogP contribution in [0.2, 0.25) is 0 Å². The summed E-state index contributed by atoms with van der Waals surface area (Å²) in [5.74, 6) is -3.96. The molecule has 2 aliphatic heterocycles. The fraction of sp³-hybridized carbons (Fsp3) is 0.214. The van der Waals surface area contributed by atoms with E-state index in [9.17, 15) is 19.5 Å². The molecule has 0 aliphatic carbocycles. The Morgan fingerprint density at radius 2 is 1.72 bits per heavy atom. The zero-order chi connectivity index (χ0) is 24.9. The summed E-state index contributed by atoms with van der Waals surface area (Å²) in [6.45, 7) is 0.100. The van der Waals surface area contributed by atoms with Crippen LogP contribution in [-0.2, 0) is 27.3 Å². The number of hydrogen-bond acceptors (Lipinski definition) is 5. The maximum Gasteiger partial charge on any atom is 0.325 e. The summed E-state index contributed by atoms with van der Waals surface area (Å²) in [5, 5.41) is 14.8. The molecule has 0 bridgehead atoms. The highest BCUT2D eigenvalue weighted by Crippen LogP contribution is 2.50. The maximum atomic E-state index is 13.9. The number of carboxylic acid groups (broad SMARTS) is 1. The molecule has 4 unspecified atom stereocenters. The summed E-state index contributed by atoms with van der Waals surface area (Å²) in [7, 11) is 0. The number of likely N-dealkylation sites (tertiary alicyclic amines) is 1. The number of carboxylic acids is 1. The molecule has 3 N–H and O–H groups in total. The monoisotopic (exact) mass is 480 g/mol. The van der Waals surface area contributed by atoms with Crippen molar-refractivity contribution in [2.75, 3.05) is 0 Å². The normalized spacial score (nSPS) is 25.4. The van der Waals surface area contributed by atoms with Crippen LogP contribution in [0.5, 0.6) is 0 Å². The molecule has 2 aromatic carbocycles. The molecule has 0 radical (unpaired) electrons. The van der Waals surface area contributed by atoms with Crippen LogP contribution in [0.1, 0.15) is 22.9 Å². The van der Waals surface area contributed by atoms with Gasteiger partial charge in [-0.15, -0.1) is 0 Å². The number of para-hydroxylation sites is 1. The van der Waals surface area contributed by atoms with Crippen molar-refractivity contribution in [2.24, 2.45) is 11.8 Å². The second-order valence-electron chi connectivity index (χ2n) is 9.44. The third kappa shape index (κ3) is 3.33. The molecule has 4 heterocycles. The minimum absolute atomic E-state index is 0.0367. The molecule has 2 saturated heterocycles. The molecule has 6 rings (SSSR count). The molecule has 36 heavy (non-hydrogen) atoms. The van der Waals surface area contributed by atoms with Gasteiger partial charge in [-0.3, -0.25) is 29.6 Å². The number of carbonyl (C=O) groups excluding carboxylic acids is 2. The van der Waals surface area contributed by atoms with Crippen molar-refractivity contribution in [3.63, 3.8) is 0 Å². The quantitative estimate of drug-likeness (QED) is 0.366. The molecule has 0 spiro atoms. The van der Waals surface area contributed by atoms with Crippen molar-refractivity contribution >= 4 is 28.7 Å². The standard InChI is InChI=1S/C28H24N4O4/c33-25-22-23(26(34)32(25)16-17-8-2-1-3-9-17)28(27(35)36,31-24(22)21-12-6-7-13-29-21)14-18-15-30-20-11-5-4-10-19(18)20/h1-13,15,22-24,30-31H,14,16H2,(H,35,36). The Morgan fingerprint density at radius 1 is 0.972 bits per heavy atom. The molecule has 8 nitrogen and oxygen atoms in total. The lowest BCUT2D eigenvalue weighted by Crippen LogP contribution is -2.57. The first-order valence-electron chi connectivity index (χ1n) is 11.9. The summed E-state index contributed by atoms with van der Waals surface area (Å²) < 4.78 is 0. The molecule has 8 heteroatoms. The predicted molar refractivity (Wildman–Crippen MR) is 131 cm³/mol. The lowest BCUT2D eigenvalue weighted by molar-refractivity contribution is -0.151. The Kier molecular flexibility index (Phi) is 5.19. The average molecular weight is 481 g/mol. The van der Waals surface area contributed by atoms with Gasteiger partial charge in [0.15, 0.2) is 0 Å². The van der Waals surface area contributed by atoms with Crippen LogP contribution in [0.3, 0.4) is 0 Å². The van der Waals surface area contributed by atoms with Gasteiger partial charge in [0.05, 0.1) is 30.1 Å². The van der Waals surface area contributed by atoms with Crippen molar-refractivity contribution in [1.29, 1.82) is 0 Å². The van der Waals surface area contributed by atoms with Gasteiger partial charge in [-0.1, -0.05) is 54.6 Å². The zero-order valence-corrected chi connectivity index (χ0v) is 19.3. The topological polar surface area (TPSA) is 115 Å². The Morgan fingerprint density at radius 3 is 2.47 bits per heavy atom. The van der Waals surface area contributed by atoms with Gasteiger partial charge >= 0.3 is 5.97 Å². The fourth-order valence-electron chi connectivity index (χ4n) is 5.81. The summed E-state index contributed by atoms with van der Waals surface area (Å²) in [5.41, 5.74) is 1.30. The number of benzene rings is 2. The number of pyridine rings is 1. The van der Waals surface area contributed by atoms with E-state index in [2.05, 4.69) is 15.3 Å². The largest absolute Gasteiger partial charge is 0.480 e. The van der Waals surface area contributed by atoms with E-state index in [0.717, 1.165) is 22.0 Å². The zero-order valence-electron chi connectivity index (χ0n) is 19.3. The highest BCUT2D eigenvalue weighted by Gasteiger charge is 2.68. The van der Waals surface area contributed by atoms with E-state index in [4.69, 9.17) is 0 Å². The molecule has 180 valence electrons. The van der Waals surface area contributed by atoms with E-state index in [1.165, 1.54) is 4.90 Å². The number of aliphatic carboxylic acids is 1. The van der Waals surface area contributed by atoms with E-state index < -0.39 is 35.3 Å². The van der Waals surface area contributed by atoms with Crippen LogP contribution < -0.4 is 5.32 Å². The van der Waals surface area contributed by atoms with Crippen LogP contribution >= 0.6 is 0 Å². The van der Waals surface area contributed by atoms with Crippen LogP contribution in [-0.4, -0.2) is 43.3 Å². The van der Waals surface area contributed by atoms with Gasteiger partial charge in [-0.05, 0) is 29.3 Å². The Hall–Kier alpha value is -4.30. The summed E-state index contributed by atoms with van der Waals surface area (Å²) in [6.07, 6.45) is 3.42. The molecule has 0 saturated carbocycles. The number of aromatic nitrogens is 2. The van der Waals surface area contributed by atoms with Crippen molar-refractivity contribution in [1.82, 2.24) is 20.2 Å². The minimum Gasteiger partial charge on any atom is -0.480 e. The number of fused-ring (bicyclic) bond motifs is 2. The number of imide groups is 1. The van der Waals surface area contributed by atoms with Crippen LogP contribution in [0, 0.1) is 11.8 Å². The van der Waals surface area contributed by atoms with E-state index in [1.54, 1.807) is 30.6 Å². The van der Waals surface area contributed by atoms with Crippen LogP contribution in [0.25, 0.3) is 10.9 Å². The molecule has 2 fully saturated rings. The maximum absolute atomic E-state index is 13.9. The number of hydrogen-bond donors (Lipinski definition) is 3. The van der Waals surface area contributed by atoms with Crippen LogP contribution in [0.4, 0.5) is 0 Å². The highest BCUT2D eigenvalue weighted by atomic mass is 16.4. The first kappa shape index (κ1) is 22.2. The second kappa shape index (κ2) is 8.42. The lowest BCUT2D eigenvalue weighted by atomic mass is 9.76. The van der Waals surface area contributed by atoms with Gasteiger partial charge in [0.1, 0.15) is 5.54 Å². The Bertz CT molecular complexity index is 1470. The molecule has 2 aliphatic rings. The first-order valence-corrected chi connectivity index (χ1v) is 11.9. The van der Waals surface area contributed by atoms with Gasteiger partial charge in [-0.2, -0.15) is 0 Å². The predicted octanol–water partition coefficient (Wildman–Crippen LogP) is 3.07. The van der Waals surface area contributed by atoms with Crippen molar-refractivity contribution in [3.8, 4) is 0 Å². The van der Waals surface area contributed by atoms with Gasteiger partial charge in [-0.25, -0.2) is 0 Å². The van der Waals surface area contributed by atoms with Crippen molar-refractivity contribution in [3.05, 3.63) is 102 Å². The second-order valence-corrected chi connectivity index (χ2v) is 9.44. The number of H-pyrrole nitrogens is 1. The van der Waals surface area contributed by atoms with Gasteiger partial charge < -0.3 is 10.1 Å². The molecule has 2 amide bonds. The molecule has 4 aromatic rings. The minimum atomic E-state index is -1.68. The Labute approximate surface area is 207 Å². The smallest absolute Gasteiger partial charge is 0.325 e. The van der Waals surface area contributed by atoms with E-state index >= 15 is 0 Å². The van der Waals surface area contributed by atoms with Gasteiger partial charge in [0.25, 0.3) is 0 Å². The number of aromatic amines is 1.